The fourth-order valence-electron chi connectivity index (χ4n) is 7.69. The van der Waals surface area contributed by atoms with Crippen molar-refractivity contribution in [2.24, 2.45) is 17.8 Å². The third-order valence-electron chi connectivity index (χ3n) is 11.0. The van der Waals surface area contributed by atoms with Crippen LogP contribution in [0.3, 0.4) is 0 Å². The molecular formula is C46H74N4O8. The zero-order valence-electron chi connectivity index (χ0n) is 37.3. The van der Waals surface area contributed by atoms with Crippen LogP contribution in [0.1, 0.15) is 182 Å². The van der Waals surface area contributed by atoms with Crippen LogP contribution >= 0.6 is 0 Å². The second-order valence-corrected chi connectivity index (χ2v) is 18.6. The van der Waals surface area contributed by atoms with Gasteiger partial charge in [0.2, 0.25) is 0 Å². The normalized spacial score (nSPS) is 20.6. The van der Waals surface area contributed by atoms with Crippen molar-refractivity contribution in [3.8, 4) is 0 Å². The number of unbranched alkanes of at least 4 members (excludes halogenated alkanes) is 2. The molecule has 326 valence electrons. The molecule has 0 bridgehead atoms. The Kier molecular flexibility index (Phi) is 19.7. The summed E-state index contributed by atoms with van der Waals surface area (Å²) in [5.74, 6) is 0.452. The van der Waals surface area contributed by atoms with E-state index in [0.29, 0.717) is 69.0 Å². The molecule has 1 atom stereocenters. The first-order valence-corrected chi connectivity index (χ1v) is 21.7. The van der Waals surface area contributed by atoms with Crippen LogP contribution in [0.15, 0.2) is 30.6 Å². The molecule has 2 aromatic heterocycles. The van der Waals surface area contributed by atoms with Gasteiger partial charge in [0, 0.05) is 49.3 Å². The highest BCUT2D eigenvalue weighted by Gasteiger charge is 2.25. The molecule has 2 aromatic rings. The van der Waals surface area contributed by atoms with E-state index < -0.39 is 11.2 Å². The lowest BCUT2D eigenvalue weighted by atomic mass is 9.87. The minimum Gasteiger partial charge on any atom is -0.469 e. The Morgan fingerprint density at radius 1 is 0.690 bits per heavy atom. The Labute approximate surface area is 348 Å². The number of hydrogen-bond donors (Lipinski definition) is 0. The first-order valence-electron chi connectivity index (χ1n) is 21.7. The minimum atomic E-state index is -0.469. The Hall–Kier alpha value is -3.96. The summed E-state index contributed by atoms with van der Waals surface area (Å²) in [6.07, 6.45) is 24.9. The molecule has 12 heteroatoms. The Bertz CT molecular complexity index is 1600. The highest BCUT2D eigenvalue weighted by Crippen LogP contribution is 2.33. The zero-order chi connectivity index (χ0) is 42.9. The van der Waals surface area contributed by atoms with E-state index in [9.17, 15) is 19.2 Å². The predicted octanol–water partition coefficient (Wildman–Crippen LogP) is 9.96. The van der Waals surface area contributed by atoms with Crippen LogP contribution in [0.25, 0.3) is 6.08 Å². The lowest BCUT2D eigenvalue weighted by Crippen LogP contribution is -2.23. The molecule has 0 saturated heterocycles. The summed E-state index contributed by atoms with van der Waals surface area (Å²) >= 11 is 0. The summed E-state index contributed by atoms with van der Waals surface area (Å²) in [6, 6.07) is 1.02. The van der Waals surface area contributed by atoms with Gasteiger partial charge in [0.25, 0.3) is 0 Å². The van der Waals surface area contributed by atoms with E-state index in [1.807, 2.05) is 60.4 Å². The lowest BCUT2D eigenvalue weighted by molar-refractivity contribution is -0.156. The van der Waals surface area contributed by atoms with Crippen molar-refractivity contribution in [2.45, 2.75) is 188 Å². The van der Waals surface area contributed by atoms with Crippen LogP contribution in [0.4, 0.5) is 0 Å². The van der Waals surface area contributed by atoms with E-state index in [4.69, 9.17) is 18.9 Å². The molecule has 12 nitrogen and oxygen atoms in total. The molecule has 4 rings (SSSR count). The van der Waals surface area contributed by atoms with E-state index in [0.717, 1.165) is 29.6 Å². The van der Waals surface area contributed by atoms with E-state index in [1.54, 1.807) is 6.08 Å². The first-order chi connectivity index (χ1) is 27.3. The standard InChI is InChI=1S/C23H38N2O4.C23H36N2O4/c2*1-17-10-12-20(13-11-17)25-15-19(24-16-25)14-18(22(27)28-5)8-6-7-9-21(26)29-23(2,3)4/h15-18,20H,6-14H2,1-5H3;14-17,20H,6-13H2,1-5H3/b;18-14+/t17?,18-,20?;/m0./s1. The number of esters is 4. The third-order valence-corrected chi connectivity index (χ3v) is 11.0. The second kappa shape index (κ2) is 23.6. The fraction of sp³-hybridized carbons (Fsp3) is 0.739. The highest BCUT2D eigenvalue weighted by atomic mass is 16.6. The number of methoxy groups -OCH3 is 2. The van der Waals surface area contributed by atoms with Gasteiger partial charge in [-0.25, -0.2) is 14.8 Å². The Balaban J connectivity index is 0.000000310. The number of nitrogens with zero attached hydrogens (tertiary/aromatic N) is 4. The molecule has 2 heterocycles. The summed E-state index contributed by atoms with van der Waals surface area (Å²) in [5.41, 5.74) is 1.37. The van der Waals surface area contributed by atoms with Crippen molar-refractivity contribution in [3.63, 3.8) is 0 Å². The molecule has 0 amide bonds. The van der Waals surface area contributed by atoms with Crippen molar-refractivity contribution in [1.82, 2.24) is 19.1 Å². The van der Waals surface area contributed by atoms with Gasteiger partial charge in [0.1, 0.15) is 11.2 Å². The molecule has 58 heavy (non-hydrogen) atoms. The topological polar surface area (TPSA) is 141 Å². The van der Waals surface area contributed by atoms with Crippen LogP contribution < -0.4 is 0 Å². The summed E-state index contributed by atoms with van der Waals surface area (Å²) in [7, 11) is 2.82. The number of rotatable bonds is 17. The molecule has 0 aromatic carbocycles. The second-order valence-electron chi connectivity index (χ2n) is 18.6. The average molecular weight is 811 g/mol. The molecule has 2 fully saturated rings. The van der Waals surface area contributed by atoms with Gasteiger partial charge in [-0.05, 0) is 143 Å². The van der Waals surface area contributed by atoms with Gasteiger partial charge >= 0.3 is 23.9 Å². The largest absolute Gasteiger partial charge is 0.469 e. The van der Waals surface area contributed by atoms with Crippen molar-refractivity contribution in [1.29, 1.82) is 0 Å². The minimum absolute atomic E-state index is 0.187. The number of ether oxygens (including phenoxy) is 4. The Morgan fingerprint density at radius 3 is 1.67 bits per heavy atom. The SMILES string of the molecule is COC(=O)/C(=C/c1cn(C2CCC(C)CC2)cn1)CCCCC(=O)OC(C)(C)C.COC(=O)[C@@H](CCCCC(=O)OC(C)(C)C)Cc1cn(C2CCC(C)CC2)cn1. The number of hydrogen-bond acceptors (Lipinski definition) is 10. The number of imidazole rings is 2. The van der Waals surface area contributed by atoms with Crippen LogP contribution in [-0.2, 0) is 44.5 Å². The van der Waals surface area contributed by atoms with Gasteiger partial charge in [0.15, 0.2) is 0 Å². The first kappa shape index (κ1) is 48.4. The summed E-state index contributed by atoms with van der Waals surface area (Å²) in [4.78, 5) is 57.0. The van der Waals surface area contributed by atoms with Crippen molar-refractivity contribution in [2.75, 3.05) is 14.2 Å². The predicted molar refractivity (Wildman–Crippen MR) is 226 cm³/mol. The Morgan fingerprint density at radius 2 is 1.17 bits per heavy atom. The summed E-state index contributed by atoms with van der Waals surface area (Å²) < 4.78 is 25.0. The molecule has 0 aliphatic heterocycles. The summed E-state index contributed by atoms with van der Waals surface area (Å²) in [6.45, 7) is 15.8. The number of carbonyl (C=O) groups excluding carboxylic acids is 4. The van der Waals surface area contributed by atoms with Crippen LogP contribution in [-0.4, -0.2) is 68.4 Å². The quantitative estimate of drug-likeness (QED) is 0.0656. The number of aromatic nitrogens is 4. The molecule has 0 unspecified atom stereocenters. The van der Waals surface area contributed by atoms with E-state index in [1.165, 1.54) is 65.6 Å². The lowest BCUT2D eigenvalue weighted by Gasteiger charge is -2.26. The molecular weight excluding hydrogens is 737 g/mol. The van der Waals surface area contributed by atoms with E-state index in [-0.39, 0.29) is 29.8 Å². The maximum Gasteiger partial charge on any atom is 0.333 e. The van der Waals surface area contributed by atoms with Crippen LogP contribution in [0.2, 0.25) is 0 Å². The smallest absolute Gasteiger partial charge is 0.333 e. The van der Waals surface area contributed by atoms with Gasteiger partial charge in [-0.3, -0.25) is 14.4 Å². The van der Waals surface area contributed by atoms with Gasteiger partial charge in [0.05, 0.1) is 44.2 Å². The van der Waals surface area contributed by atoms with Crippen LogP contribution in [0.5, 0.6) is 0 Å². The molecule has 0 radical (unpaired) electrons. The van der Waals surface area contributed by atoms with E-state index >= 15 is 0 Å². The van der Waals surface area contributed by atoms with Crippen LogP contribution in [0, 0.1) is 17.8 Å². The van der Waals surface area contributed by atoms with Crippen molar-refractivity contribution < 1.29 is 38.1 Å². The molecule has 2 saturated carbocycles. The van der Waals surface area contributed by atoms with E-state index in [2.05, 4.69) is 39.1 Å². The molecule has 2 aliphatic carbocycles. The van der Waals surface area contributed by atoms with Gasteiger partial charge < -0.3 is 28.1 Å². The summed E-state index contributed by atoms with van der Waals surface area (Å²) in [5, 5.41) is 0. The van der Waals surface area contributed by atoms with Crippen molar-refractivity contribution >= 4 is 30.0 Å². The maximum absolute atomic E-state index is 12.2. The third kappa shape index (κ3) is 18.3. The fourth-order valence-corrected chi connectivity index (χ4v) is 7.69. The average Bonchev–Trinajstić information content (AvgIpc) is 3.83. The molecule has 0 spiro atoms. The number of carbonyl (C=O) groups is 4. The molecule has 0 N–H and O–H groups in total. The monoisotopic (exact) mass is 811 g/mol. The van der Waals surface area contributed by atoms with Gasteiger partial charge in [-0.1, -0.05) is 20.3 Å². The zero-order valence-corrected chi connectivity index (χ0v) is 37.3. The van der Waals surface area contributed by atoms with Crippen molar-refractivity contribution in [3.05, 3.63) is 42.0 Å². The van der Waals surface area contributed by atoms with Gasteiger partial charge in [-0.15, -0.1) is 0 Å². The maximum atomic E-state index is 12.2. The molecule has 2 aliphatic rings. The van der Waals surface area contributed by atoms with Gasteiger partial charge in [-0.2, -0.15) is 0 Å². The highest BCUT2D eigenvalue weighted by molar-refractivity contribution is 5.93.